The maximum Gasteiger partial charge on any atom is 0.312 e. The fraction of sp³-hybridized carbons (Fsp3) is 0.385. The van der Waals surface area contributed by atoms with Gasteiger partial charge in [0.05, 0.1) is 12.5 Å². The molecular weight excluding hydrogens is 264 g/mol. The fourth-order valence-corrected chi connectivity index (χ4v) is 2.47. The number of anilines is 1. The topological polar surface area (TPSA) is 78.3 Å². The number of thioether (sulfide) groups is 1. The second-order valence-corrected chi connectivity index (χ2v) is 5.80. The van der Waals surface area contributed by atoms with Crippen LogP contribution in [-0.4, -0.2) is 23.8 Å². The summed E-state index contributed by atoms with van der Waals surface area (Å²) >= 11 is 1.38. The van der Waals surface area contributed by atoms with Crippen molar-refractivity contribution in [2.75, 3.05) is 18.6 Å². The number of carbonyl (C=O) groups is 1. The average Bonchev–Trinajstić information content (AvgIpc) is 2.77. The summed E-state index contributed by atoms with van der Waals surface area (Å²) in [4.78, 5) is 15.9. The van der Waals surface area contributed by atoms with E-state index in [1.54, 1.807) is 12.1 Å². The Morgan fingerprint density at radius 1 is 1.53 bits per heavy atom. The molecule has 2 N–H and O–H groups in total. The molecule has 1 aromatic carbocycles. The van der Waals surface area contributed by atoms with E-state index < -0.39 is 5.41 Å². The highest BCUT2D eigenvalue weighted by molar-refractivity contribution is 7.99. The summed E-state index contributed by atoms with van der Waals surface area (Å²) in [5.41, 5.74) is 7.14. The van der Waals surface area contributed by atoms with Gasteiger partial charge in [0.2, 0.25) is 0 Å². The van der Waals surface area contributed by atoms with Crippen LogP contribution in [0.15, 0.2) is 27.8 Å². The summed E-state index contributed by atoms with van der Waals surface area (Å²) in [7, 11) is 1.39. The van der Waals surface area contributed by atoms with Gasteiger partial charge in [-0.2, -0.15) is 0 Å². The molecule has 0 atom stereocenters. The van der Waals surface area contributed by atoms with Gasteiger partial charge in [0, 0.05) is 17.5 Å². The van der Waals surface area contributed by atoms with E-state index in [0.717, 1.165) is 5.52 Å². The second kappa shape index (κ2) is 5.13. The predicted molar refractivity (Wildman–Crippen MR) is 74.9 cm³/mol. The Morgan fingerprint density at radius 2 is 2.26 bits per heavy atom. The molecule has 2 rings (SSSR count). The number of methoxy groups -OCH3 is 1. The SMILES string of the molecule is COC(=O)C(C)(C)CSc1nc2ccc(N)cc2o1. The maximum atomic E-state index is 11.6. The number of benzene rings is 1. The Kier molecular flexibility index (Phi) is 3.71. The lowest BCUT2D eigenvalue weighted by molar-refractivity contribution is -0.149. The molecule has 0 saturated heterocycles. The van der Waals surface area contributed by atoms with Crippen molar-refractivity contribution in [2.45, 2.75) is 19.1 Å². The van der Waals surface area contributed by atoms with E-state index >= 15 is 0 Å². The molecule has 2 aromatic rings. The van der Waals surface area contributed by atoms with Crippen LogP contribution in [0.25, 0.3) is 11.1 Å². The minimum absolute atomic E-state index is 0.250. The smallest absolute Gasteiger partial charge is 0.312 e. The van der Waals surface area contributed by atoms with E-state index in [1.807, 2.05) is 19.9 Å². The van der Waals surface area contributed by atoms with Gasteiger partial charge < -0.3 is 14.9 Å². The number of esters is 1. The Bertz CT molecular complexity index is 607. The molecule has 0 aliphatic heterocycles. The fourth-order valence-electron chi connectivity index (χ4n) is 1.56. The summed E-state index contributed by atoms with van der Waals surface area (Å²) in [6.07, 6.45) is 0. The number of hydrogen-bond donors (Lipinski definition) is 1. The molecule has 1 aromatic heterocycles. The van der Waals surface area contributed by atoms with E-state index in [4.69, 9.17) is 14.9 Å². The van der Waals surface area contributed by atoms with Gasteiger partial charge in [-0.1, -0.05) is 11.8 Å². The van der Waals surface area contributed by atoms with Crippen molar-refractivity contribution < 1.29 is 13.9 Å². The number of nitrogen functional groups attached to an aromatic ring is 1. The first-order chi connectivity index (χ1) is 8.92. The summed E-state index contributed by atoms with van der Waals surface area (Å²) in [5.74, 6) is 0.280. The zero-order chi connectivity index (χ0) is 14.0. The van der Waals surface area contributed by atoms with Gasteiger partial charge in [0.25, 0.3) is 5.22 Å². The summed E-state index contributed by atoms with van der Waals surface area (Å²) in [6.45, 7) is 3.65. The first-order valence-electron chi connectivity index (χ1n) is 5.80. The lowest BCUT2D eigenvalue weighted by Crippen LogP contribution is -2.28. The lowest BCUT2D eigenvalue weighted by Gasteiger charge is -2.19. The number of oxazole rings is 1. The molecule has 0 spiro atoms. The van der Waals surface area contributed by atoms with E-state index in [1.165, 1.54) is 18.9 Å². The normalized spacial score (nSPS) is 11.7. The van der Waals surface area contributed by atoms with Crippen molar-refractivity contribution >= 4 is 34.5 Å². The molecule has 1 heterocycles. The van der Waals surface area contributed by atoms with Crippen LogP contribution in [0.1, 0.15) is 13.8 Å². The largest absolute Gasteiger partial charge is 0.469 e. The van der Waals surface area contributed by atoms with Crippen LogP contribution in [0.3, 0.4) is 0 Å². The second-order valence-electron chi connectivity index (χ2n) is 4.87. The van der Waals surface area contributed by atoms with Crippen molar-refractivity contribution in [3.63, 3.8) is 0 Å². The van der Waals surface area contributed by atoms with Crippen LogP contribution in [0, 0.1) is 5.41 Å². The van der Waals surface area contributed by atoms with Crippen LogP contribution >= 0.6 is 11.8 Å². The van der Waals surface area contributed by atoms with Crippen molar-refractivity contribution in [1.82, 2.24) is 4.98 Å². The van der Waals surface area contributed by atoms with Gasteiger partial charge in [-0.3, -0.25) is 4.79 Å². The third-order valence-electron chi connectivity index (χ3n) is 2.69. The van der Waals surface area contributed by atoms with Crippen LogP contribution in [0.2, 0.25) is 0 Å². The Balaban J connectivity index is 2.12. The molecule has 0 aliphatic carbocycles. The molecular formula is C13H16N2O3S. The zero-order valence-electron chi connectivity index (χ0n) is 11.1. The number of fused-ring (bicyclic) bond motifs is 1. The molecule has 102 valence electrons. The maximum absolute atomic E-state index is 11.6. The van der Waals surface area contributed by atoms with Crippen LogP contribution < -0.4 is 5.73 Å². The number of hydrogen-bond acceptors (Lipinski definition) is 6. The number of nitrogens with two attached hydrogens (primary N) is 1. The molecule has 5 nitrogen and oxygen atoms in total. The molecule has 0 radical (unpaired) electrons. The number of rotatable bonds is 4. The molecule has 0 saturated carbocycles. The average molecular weight is 280 g/mol. The highest BCUT2D eigenvalue weighted by Crippen LogP contribution is 2.30. The van der Waals surface area contributed by atoms with Crippen molar-refractivity contribution in [2.24, 2.45) is 5.41 Å². The first-order valence-corrected chi connectivity index (χ1v) is 6.78. The van der Waals surface area contributed by atoms with Crippen LogP contribution in [0.5, 0.6) is 0 Å². The number of nitrogens with zero attached hydrogens (tertiary/aromatic N) is 1. The monoisotopic (exact) mass is 280 g/mol. The number of aromatic nitrogens is 1. The number of ether oxygens (including phenoxy) is 1. The molecule has 0 amide bonds. The molecule has 0 unspecified atom stereocenters. The summed E-state index contributed by atoms with van der Waals surface area (Å²) < 4.78 is 10.3. The van der Waals surface area contributed by atoms with E-state index in [2.05, 4.69) is 4.98 Å². The number of carbonyl (C=O) groups excluding carboxylic acids is 1. The van der Waals surface area contributed by atoms with Gasteiger partial charge in [-0.25, -0.2) is 4.98 Å². The predicted octanol–water partition coefficient (Wildman–Crippen LogP) is 2.70. The molecule has 0 aliphatic rings. The van der Waals surface area contributed by atoms with Crippen molar-refractivity contribution in [3.8, 4) is 0 Å². The Morgan fingerprint density at radius 3 is 2.95 bits per heavy atom. The Labute approximate surface area is 115 Å². The standard InChI is InChI=1S/C13H16N2O3S/c1-13(2,11(16)17-3)7-19-12-15-9-5-4-8(14)6-10(9)18-12/h4-6H,7,14H2,1-3H3. The third-order valence-corrected chi connectivity index (χ3v) is 3.97. The zero-order valence-corrected chi connectivity index (χ0v) is 11.9. The third kappa shape index (κ3) is 3.01. The Hall–Kier alpha value is -1.69. The van der Waals surface area contributed by atoms with Gasteiger partial charge in [-0.05, 0) is 26.0 Å². The molecule has 0 bridgehead atoms. The summed E-state index contributed by atoms with van der Waals surface area (Å²) in [5, 5.41) is 0.526. The van der Waals surface area contributed by atoms with E-state index in [9.17, 15) is 4.79 Å². The van der Waals surface area contributed by atoms with Gasteiger partial charge in [0.1, 0.15) is 5.52 Å². The van der Waals surface area contributed by atoms with Crippen molar-refractivity contribution in [1.29, 1.82) is 0 Å². The molecule has 19 heavy (non-hydrogen) atoms. The highest BCUT2D eigenvalue weighted by Gasteiger charge is 2.29. The van der Waals surface area contributed by atoms with Crippen LogP contribution in [0.4, 0.5) is 5.69 Å². The van der Waals surface area contributed by atoms with E-state index in [0.29, 0.717) is 22.2 Å². The molecule has 6 heteroatoms. The highest BCUT2D eigenvalue weighted by atomic mass is 32.2. The van der Waals surface area contributed by atoms with Gasteiger partial charge in [-0.15, -0.1) is 0 Å². The van der Waals surface area contributed by atoms with E-state index in [-0.39, 0.29) is 5.97 Å². The summed E-state index contributed by atoms with van der Waals surface area (Å²) in [6, 6.07) is 5.32. The quantitative estimate of drug-likeness (QED) is 0.527. The first kappa shape index (κ1) is 13.7. The minimum atomic E-state index is -0.584. The minimum Gasteiger partial charge on any atom is -0.469 e. The molecule has 0 fully saturated rings. The van der Waals surface area contributed by atoms with Gasteiger partial charge >= 0.3 is 5.97 Å². The van der Waals surface area contributed by atoms with Crippen molar-refractivity contribution in [3.05, 3.63) is 18.2 Å². The van der Waals surface area contributed by atoms with Crippen LogP contribution in [-0.2, 0) is 9.53 Å². The van der Waals surface area contributed by atoms with Gasteiger partial charge in [0.15, 0.2) is 5.58 Å². The lowest BCUT2D eigenvalue weighted by atomic mass is 9.97.